The van der Waals surface area contributed by atoms with Gasteiger partial charge in [0, 0.05) is 18.1 Å². The lowest BCUT2D eigenvalue weighted by Gasteiger charge is -2.03. The van der Waals surface area contributed by atoms with Crippen molar-refractivity contribution in [1.29, 1.82) is 0 Å². The van der Waals surface area contributed by atoms with E-state index in [1.54, 1.807) is 11.3 Å². The van der Waals surface area contributed by atoms with E-state index in [4.69, 9.17) is 0 Å². The number of pyridine rings is 1. The Morgan fingerprint density at radius 1 is 1.19 bits per heavy atom. The van der Waals surface area contributed by atoms with Gasteiger partial charge in [0.25, 0.3) is 0 Å². The number of hydrogen-bond donors (Lipinski definition) is 1. The third-order valence-electron chi connectivity index (χ3n) is 3.38. The molecule has 1 N–H and O–H groups in total. The summed E-state index contributed by atoms with van der Waals surface area (Å²) >= 11 is 1.72. The molecule has 0 radical (unpaired) electrons. The fraction of sp³-hybridized carbons (Fsp3) is 0.125. The molecule has 0 aliphatic heterocycles. The smallest absolute Gasteiger partial charge is 0.137 e. The second kappa shape index (κ2) is 4.86. The molecule has 0 aliphatic rings. The number of rotatable bonds is 3. The first-order valence-corrected chi connectivity index (χ1v) is 7.63. The van der Waals surface area contributed by atoms with E-state index in [0.29, 0.717) is 6.54 Å². The van der Waals surface area contributed by atoms with Gasteiger partial charge in [-0.05, 0) is 37.3 Å². The first kappa shape index (κ1) is 12.3. The van der Waals surface area contributed by atoms with Gasteiger partial charge in [-0.1, -0.05) is 6.07 Å². The molecule has 0 spiro atoms. The quantitative estimate of drug-likeness (QED) is 0.624. The topological polar surface area (TPSA) is 42.2 Å². The van der Waals surface area contributed by atoms with Crippen molar-refractivity contribution < 1.29 is 0 Å². The van der Waals surface area contributed by atoms with Crippen LogP contribution < -0.4 is 5.32 Å². The van der Waals surface area contributed by atoms with Crippen LogP contribution in [0.5, 0.6) is 0 Å². The van der Waals surface area contributed by atoms with Crippen LogP contribution in [0.25, 0.3) is 15.9 Å². The number of aromatic nitrogens is 3. The second-order valence-electron chi connectivity index (χ2n) is 4.97. The number of benzene rings is 1. The molecule has 0 fully saturated rings. The molecule has 4 nitrogen and oxygen atoms in total. The largest absolute Gasteiger partial charge is 0.379 e. The van der Waals surface area contributed by atoms with Crippen LogP contribution in [0.3, 0.4) is 0 Å². The molecule has 5 heteroatoms. The van der Waals surface area contributed by atoms with Crippen LogP contribution in [0.4, 0.5) is 5.69 Å². The van der Waals surface area contributed by atoms with Crippen LogP contribution in [-0.4, -0.2) is 14.4 Å². The van der Waals surface area contributed by atoms with E-state index < -0.39 is 0 Å². The van der Waals surface area contributed by atoms with Gasteiger partial charge >= 0.3 is 0 Å². The number of imidazole rings is 1. The van der Waals surface area contributed by atoms with Gasteiger partial charge in [-0.15, -0.1) is 11.3 Å². The van der Waals surface area contributed by atoms with Gasteiger partial charge in [0.2, 0.25) is 0 Å². The zero-order valence-electron chi connectivity index (χ0n) is 11.6. The summed E-state index contributed by atoms with van der Waals surface area (Å²) in [6.45, 7) is 2.75. The van der Waals surface area contributed by atoms with Crippen LogP contribution in [0.2, 0.25) is 0 Å². The van der Waals surface area contributed by atoms with Gasteiger partial charge < -0.3 is 9.72 Å². The van der Waals surface area contributed by atoms with Gasteiger partial charge in [0.15, 0.2) is 0 Å². The number of aryl methyl sites for hydroxylation is 1. The normalized spacial score (nSPS) is 11.3. The third-order valence-corrected chi connectivity index (χ3v) is 4.32. The molecular formula is C16H14N4S. The molecule has 0 bridgehead atoms. The molecule has 0 aliphatic carbocycles. The fourth-order valence-electron chi connectivity index (χ4n) is 2.41. The minimum Gasteiger partial charge on any atom is -0.379 e. The van der Waals surface area contributed by atoms with Crippen LogP contribution >= 0.6 is 11.3 Å². The zero-order valence-corrected chi connectivity index (χ0v) is 12.4. The van der Waals surface area contributed by atoms with E-state index in [2.05, 4.69) is 39.7 Å². The summed E-state index contributed by atoms with van der Waals surface area (Å²) < 4.78 is 3.25. The Balaban J connectivity index is 1.56. The van der Waals surface area contributed by atoms with Gasteiger partial charge in [-0.2, -0.15) is 0 Å². The van der Waals surface area contributed by atoms with E-state index in [1.807, 2.05) is 35.7 Å². The Morgan fingerprint density at radius 2 is 2.14 bits per heavy atom. The summed E-state index contributed by atoms with van der Waals surface area (Å²) in [4.78, 5) is 9.06. The third kappa shape index (κ3) is 2.36. The molecule has 4 aromatic rings. The second-order valence-corrected chi connectivity index (χ2v) is 6.20. The summed E-state index contributed by atoms with van der Waals surface area (Å²) in [6, 6.07) is 12.3. The molecule has 0 amide bonds. The van der Waals surface area contributed by atoms with Crippen molar-refractivity contribution in [1.82, 2.24) is 14.4 Å². The van der Waals surface area contributed by atoms with E-state index in [0.717, 1.165) is 27.6 Å². The van der Waals surface area contributed by atoms with Crippen molar-refractivity contribution in [2.45, 2.75) is 13.5 Å². The van der Waals surface area contributed by atoms with Crippen molar-refractivity contribution in [2.24, 2.45) is 0 Å². The van der Waals surface area contributed by atoms with E-state index >= 15 is 0 Å². The Morgan fingerprint density at radius 3 is 3.05 bits per heavy atom. The maximum absolute atomic E-state index is 4.58. The van der Waals surface area contributed by atoms with Crippen LogP contribution in [-0.2, 0) is 6.54 Å². The van der Waals surface area contributed by atoms with Crippen molar-refractivity contribution in [3.05, 3.63) is 59.5 Å². The Bertz CT molecular complexity index is 889. The lowest BCUT2D eigenvalue weighted by Crippen LogP contribution is -1.99. The Hall–Kier alpha value is -2.40. The van der Waals surface area contributed by atoms with Crippen molar-refractivity contribution in [2.75, 3.05) is 5.32 Å². The van der Waals surface area contributed by atoms with E-state index in [9.17, 15) is 0 Å². The number of nitrogens with zero attached hydrogens (tertiary/aromatic N) is 3. The number of anilines is 1. The average Bonchev–Trinajstić information content (AvgIpc) is 3.06. The van der Waals surface area contributed by atoms with E-state index in [-0.39, 0.29) is 0 Å². The fourth-order valence-corrected chi connectivity index (χ4v) is 3.28. The lowest BCUT2D eigenvalue weighted by atomic mass is 10.3. The molecule has 3 heterocycles. The summed E-state index contributed by atoms with van der Waals surface area (Å²) in [6.07, 6.45) is 4.07. The first-order valence-electron chi connectivity index (χ1n) is 6.82. The zero-order chi connectivity index (χ0) is 14.2. The highest BCUT2D eigenvalue weighted by atomic mass is 32.1. The predicted octanol–water partition coefficient (Wildman–Crippen LogP) is 3.86. The van der Waals surface area contributed by atoms with Crippen LogP contribution in [0.1, 0.15) is 10.7 Å². The highest BCUT2D eigenvalue weighted by molar-refractivity contribution is 7.18. The Labute approximate surface area is 126 Å². The van der Waals surface area contributed by atoms with Gasteiger partial charge in [0.05, 0.1) is 27.5 Å². The molecule has 104 valence electrons. The monoisotopic (exact) mass is 294 g/mol. The minimum atomic E-state index is 0.713. The average molecular weight is 294 g/mol. The highest BCUT2D eigenvalue weighted by Gasteiger charge is 2.03. The minimum absolute atomic E-state index is 0.713. The van der Waals surface area contributed by atoms with Crippen LogP contribution in [0, 0.1) is 6.92 Å². The summed E-state index contributed by atoms with van der Waals surface area (Å²) in [5, 5.41) is 4.53. The molecule has 3 aromatic heterocycles. The van der Waals surface area contributed by atoms with Crippen molar-refractivity contribution >= 4 is 32.9 Å². The summed E-state index contributed by atoms with van der Waals surface area (Å²) in [5.74, 6) is 0. The summed E-state index contributed by atoms with van der Waals surface area (Å²) in [5.41, 5.74) is 4.17. The van der Waals surface area contributed by atoms with Crippen molar-refractivity contribution in [3.63, 3.8) is 0 Å². The maximum Gasteiger partial charge on any atom is 0.137 e. The SMILES string of the molecule is Cc1nc2ccc(NCc3cn4ccccc4n3)cc2s1. The lowest BCUT2D eigenvalue weighted by molar-refractivity contribution is 1.08. The molecule has 0 saturated heterocycles. The predicted molar refractivity (Wildman–Crippen MR) is 86.9 cm³/mol. The molecule has 0 unspecified atom stereocenters. The molecule has 0 saturated carbocycles. The number of thiazole rings is 1. The van der Waals surface area contributed by atoms with Crippen LogP contribution in [0.15, 0.2) is 48.8 Å². The number of nitrogens with one attached hydrogen (secondary N) is 1. The maximum atomic E-state index is 4.58. The molecule has 0 atom stereocenters. The van der Waals surface area contributed by atoms with Gasteiger partial charge in [-0.3, -0.25) is 0 Å². The standard InChI is InChI=1S/C16H14N4S/c1-11-18-14-6-5-12(8-15(14)21-11)17-9-13-10-20-7-3-2-4-16(20)19-13/h2-8,10,17H,9H2,1H3. The molecule has 4 rings (SSSR count). The molecule has 21 heavy (non-hydrogen) atoms. The highest BCUT2D eigenvalue weighted by Crippen LogP contribution is 2.25. The van der Waals surface area contributed by atoms with Gasteiger partial charge in [0.1, 0.15) is 5.65 Å². The molecular weight excluding hydrogens is 280 g/mol. The van der Waals surface area contributed by atoms with Crippen molar-refractivity contribution in [3.8, 4) is 0 Å². The molecule has 1 aromatic carbocycles. The van der Waals surface area contributed by atoms with E-state index in [1.165, 1.54) is 4.70 Å². The number of fused-ring (bicyclic) bond motifs is 2. The first-order chi connectivity index (χ1) is 10.3. The Kier molecular flexibility index (Phi) is 2.86. The van der Waals surface area contributed by atoms with Gasteiger partial charge in [-0.25, -0.2) is 9.97 Å². The number of hydrogen-bond acceptors (Lipinski definition) is 4. The summed E-state index contributed by atoms with van der Waals surface area (Å²) in [7, 11) is 0.